The van der Waals surface area contributed by atoms with Gasteiger partial charge in [-0.25, -0.2) is 4.79 Å². The molecule has 0 aliphatic heterocycles. The minimum absolute atomic E-state index is 0.341. The zero-order chi connectivity index (χ0) is 14.7. The first-order valence-electron chi connectivity index (χ1n) is 6.88. The number of urea groups is 1. The van der Waals surface area contributed by atoms with Crippen LogP contribution in [0.3, 0.4) is 0 Å². The van der Waals surface area contributed by atoms with Crippen LogP contribution in [0.1, 0.15) is 36.6 Å². The Kier molecular flexibility index (Phi) is 4.36. The lowest BCUT2D eigenvalue weighted by Gasteiger charge is -2.05. The van der Waals surface area contributed by atoms with Gasteiger partial charge in [-0.05, 0) is 31.0 Å². The van der Waals surface area contributed by atoms with Crippen LogP contribution in [-0.4, -0.2) is 16.2 Å². The number of hydrogen-bond donors (Lipinski definition) is 2. The molecule has 1 aromatic heterocycles. The summed E-state index contributed by atoms with van der Waals surface area (Å²) in [4.78, 5) is 11.9. The molecule has 2 aromatic rings. The number of nitrogens with zero attached hydrogens (tertiary/aromatic N) is 2. The first kappa shape index (κ1) is 14.3. The van der Waals surface area contributed by atoms with Crippen LogP contribution < -0.4 is 10.6 Å². The summed E-state index contributed by atoms with van der Waals surface area (Å²) in [6.07, 6.45) is 4.84. The summed E-state index contributed by atoms with van der Waals surface area (Å²) in [6.45, 7) is 0. The normalized spacial score (nSPS) is 15.1. The van der Waals surface area contributed by atoms with Crippen molar-refractivity contribution in [1.29, 1.82) is 0 Å². The minimum atomic E-state index is -0.341. The van der Waals surface area contributed by atoms with Gasteiger partial charge in [-0.3, -0.25) is 5.32 Å². The molecule has 3 rings (SSSR count). The molecule has 1 saturated carbocycles. The van der Waals surface area contributed by atoms with Crippen LogP contribution in [0.15, 0.2) is 24.3 Å². The van der Waals surface area contributed by atoms with Crippen molar-refractivity contribution in [3.8, 4) is 0 Å². The fourth-order valence-electron chi connectivity index (χ4n) is 2.45. The largest absolute Gasteiger partial charge is 0.325 e. The lowest BCUT2D eigenvalue weighted by atomic mass is 10.1. The fourth-order valence-corrected chi connectivity index (χ4v) is 3.55. The molecule has 0 radical (unpaired) electrons. The number of hydrogen-bond acceptors (Lipinski definition) is 4. The van der Waals surface area contributed by atoms with Crippen LogP contribution in [0, 0.1) is 0 Å². The zero-order valence-electron chi connectivity index (χ0n) is 11.3. The molecule has 1 aliphatic carbocycles. The molecule has 0 saturated heterocycles. The number of benzene rings is 1. The van der Waals surface area contributed by atoms with E-state index in [1.165, 1.54) is 37.0 Å². The predicted octanol–water partition coefficient (Wildman–Crippen LogP) is 4.49. The molecule has 1 aliphatic rings. The van der Waals surface area contributed by atoms with Crippen LogP contribution in [-0.2, 0) is 0 Å². The molecule has 7 heteroatoms. The van der Waals surface area contributed by atoms with Crippen molar-refractivity contribution in [2.45, 2.75) is 31.6 Å². The van der Waals surface area contributed by atoms with Crippen molar-refractivity contribution < 1.29 is 4.79 Å². The maximum absolute atomic E-state index is 11.9. The smallest absolute Gasteiger partial charge is 0.308 e. The molecule has 2 amide bonds. The van der Waals surface area contributed by atoms with Crippen LogP contribution >= 0.6 is 22.9 Å². The second-order valence-corrected chi connectivity index (χ2v) is 6.46. The van der Waals surface area contributed by atoms with Gasteiger partial charge in [0.1, 0.15) is 5.01 Å². The highest BCUT2D eigenvalue weighted by Gasteiger charge is 2.21. The number of carbonyl (C=O) groups excluding carboxylic acids is 1. The Hall–Kier alpha value is -1.66. The first-order valence-corrected chi connectivity index (χ1v) is 8.07. The van der Waals surface area contributed by atoms with Crippen molar-refractivity contribution in [1.82, 2.24) is 10.2 Å². The zero-order valence-corrected chi connectivity index (χ0v) is 12.9. The van der Waals surface area contributed by atoms with Gasteiger partial charge in [0.05, 0.1) is 0 Å². The molecule has 2 N–H and O–H groups in total. The summed E-state index contributed by atoms with van der Waals surface area (Å²) in [5.74, 6) is 0.508. The molecule has 5 nitrogen and oxygen atoms in total. The van der Waals surface area contributed by atoms with Gasteiger partial charge in [0.2, 0.25) is 5.13 Å². The van der Waals surface area contributed by atoms with Gasteiger partial charge in [-0.15, -0.1) is 10.2 Å². The first-order chi connectivity index (χ1) is 10.2. The van der Waals surface area contributed by atoms with Crippen molar-refractivity contribution in [2.24, 2.45) is 0 Å². The predicted molar refractivity (Wildman–Crippen MR) is 85.2 cm³/mol. The quantitative estimate of drug-likeness (QED) is 0.874. The molecule has 0 spiro atoms. The monoisotopic (exact) mass is 322 g/mol. The van der Waals surface area contributed by atoms with Gasteiger partial charge in [0.25, 0.3) is 0 Å². The lowest BCUT2D eigenvalue weighted by molar-refractivity contribution is 0.262. The molecule has 0 atom stereocenters. The highest BCUT2D eigenvalue weighted by Crippen LogP contribution is 2.36. The van der Waals surface area contributed by atoms with E-state index < -0.39 is 0 Å². The Morgan fingerprint density at radius 2 is 2.05 bits per heavy atom. The van der Waals surface area contributed by atoms with Crippen LogP contribution in [0.2, 0.25) is 5.02 Å². The summed E-state index contributed by atoms with van der Waals surface area (Å²) >= 11 is 7.32. The average molecular weight is 323 g/mol. The van der Waals surface area contributed by atoms with Crippen LogP contribution in [0.4, 0.5) is 15.6 Å². The van der Waals surface area contributed by atoms with Gasteiger partial charge >= 0.3 is 6.03 Å². The van der Waals surface area contributed by atoms with Crippen molar-refractivity contribution in [3.05, 3.63) is 34.3 Å². The Labute approximate surface area is 131 Å². The third-order valence-corrected chi connectivity index (χ3v) is 4.68. The number of aromatic nitrogens is 2. The van der Waals surface area contributed by atoms with E-state index in [9.17, 15) is 4.79 Å². The Balaban J connectivity index is 1.59. The number of rotatable bonds is 3. The van der Waals surface area contributed by atoms with E-state index in [4.69, 9.17) is 11.6 Å². The second-order valence-electron chi connectivity index (χ2n) is 5.02. The summed E-state index contributed by atoms with van der Waals surface area (Å²) < 4.78 is 0. The Bertz CT molecular complexity index is 639. The highest BCUT2D eigenvalue weighted by atomic mass is 35.5. The van der Waals surface area contributed by atoms with E-state index in [1.807, 2.05) is 0 Å². The lowest BCUT2D eigenvalue weighted by Crippen LogP contribution is -2.19. The van der Waals surface area contributed by atoms with E-state index >= 15 is 0 Å². The summed E-state index contributed by atoms with van der Waals surface area (Å²) in [5, 5.41) is 15.7. The molecule has 1 aromatic carbocycles. The third kappa shape index (κ3) is 3.71. The number of anilines is 2. The number of carbonyl (C=O) groups is 1. The maximum atomic E-state index is 11.9. The Morgan fingerprint density at radius 1 is 1.24 bits per heavy atom. The second kappa shape index (κ2) is 6.41. The van der Waals surface area contributed by atoms with E-state index in [-0.39, 0.29) is 6.03 Å². The van der Waals surface area contributed by atoms with Crippen LogP contribution in [0.25, 0.3) is 0 Å². The van der Waals surface area contributed by atoms with Gasteiger partial charge in [0.15, 0.2) is 0 Å². The average Bonchev–Trinajstić information content (AvgIpc) is 3.08. The Morgan fingerprint density at radius 3 is 2.81 bits per heavy atom. The van der Waals surface area contributed by atoms with Crippen molar-refractivity contribution in [2.75, 3.05) is 10.6 Å². The molecule has 1 fully saturated rings. The molecule has 0 bridgehead atoms. The fraction of sp³-hybridized carbons (Fsp3) is 0.357. The van der Waals surface area contributed by atoms with E-state index in [0.29, 0.717) is 21.8 Å². The molecular weight excluding hydrogens is 308 g/mol. The van der Waals surface area contributed by atoms with E-state index in [1.54, 1.807) is 24.3 Å². The van der Waals surface area contributed by atoms with Gasteiger partial charge < -0.3 is 5.32 Å². The molecule has 110 valence electrons. The SMILES string of the molecule is O=C(Nc1cccc(Cl)c1)Nc1nnc(C2CCCC2)s1. The van der Waals surface area contributed by atoms with E-state index in [0.717, 1.165) is 5.01 Å². The van der Waals surface area contributed by atoms with Gasteiger partial charge in [-0.1, -0.05) is 41.8 Å². The molecule has 21 heavy (non-hydrogen) atoms. The maximum Gasteiger partial charge on any atom is 0.325 e. The summed E-state index contributed by atoms with van der Waals surface area (Å²) in [6, 6.07) is 6.65. The van der Waals surface area contributed by atoms with Gasteiger partial charge in [-0.2, -0.15) is 0 Å². The van der Waals surface area contributed by atoms with E-state index in [2.05, 4.69) is 20.8 Å². The molecule has 0 unspecified atom stereocenters. The topological polar surface area (TPSA) is 66.9 Å². The number of halogens is 1. The third-order valence-electron chi connectivity index (χ3n) is 3.45. The molecule has 1 heterocycles. The van der Waals surface area contributed by atoms with Crippen LogP contribution in [0.5, 0.6) is 0 Å². The van der Waals surface area contributed by atoms with Gasteiger partial charge in [0, 0.05) is 16.6 Å². The standard InChI is InChI=1S/C14H15ClN4OS/c15-10-6-3-7-11(8-10)16-13(20)17-14-19-18-12(21-14)9-4-1-2-5-9/h3,6-9H,1-2,4-5H2,(H2,16,17,19,20). The minimum Gasteiger partial charge on any atom is -0.308 e. The number of amides is 2. The summed E-state index contributed by atoms with van der Waals surface area (Å²) in [7, 11) is 0. The molecular formula is C14H15ClN4OS. The summed E-state index contributed by atoms with van der Waals surface area (Å²) in [5.41, 5.74) is 0.639. The highest BCUT2D eigenvalue weighted by molar-refractivity contribution is 7.15. The van der Waals surface area contributed by atoms with Crippen molar-refractivity contribution >= 4 is 39.8 Å². The number of nitrogens with one attached hydrogen (secondary N) is 2. The van der Waals surface area contributed by atoms with Crippen molar-refractivity contribution in [3.63, 3.8) is 0 Å².